The number of hydrogen-bond acceptors (Lipinski definition) is 4. The molecular formula is C17H21N3O2. The Kier molecular flexibility index (Phi) is 5.61. The van der Waals surface area contributed by atoms with E-state index in [0.29, 0.717) is 13.1 Å². The van der Waals surface area contributed by atoms with Crippen molar-refractivity contribution in [1.82, 2.24) is 14.9 Å². The van der Waals surface area contributed by atoms with E-state index in [4.69, 9.17) is 0 Å². The van der Waals surface area contributed by atoms with Gasteiger partial charge in [-0.1, -0.05) is 26.0 Å². The molecule has 0 aromatic carbocycles. The number of carboxylic acid groups (broad SMARTS) is 1. The molecule has 0 aliphatic carbocycles. The maximum atomic E-state index is 11.7. The molecule has 0 saturated heterocycles. The van der Waals surface area contributed by atoms with Crippen LogP contribution in [0.1, 0.15) is 25.2 Å². The number of aromatic nitrogens is 2. The first kappa shape index (κ1) is 16.1. The van der Waals surface area contributed by atoms with Crippen molar-refractivity contribution < 1.29 is 9.90 Å². The number of aliphatic carboxylic acids is 1. The topological polar surface area (TPSA) is 66.3 Å². The molecule has 0 saturated carbocycles. The van der Waals surface area contributed by atoms with Gasteiger partial charge in [0.1, 0.15) is 6.04 Å². The summed E-state index contributed by atoms with van der Waals surface area (Å²) in [6.45, 7) is 4.80. The molecule has 1 N–H and O–H groups in total. The van der Waals surface area contributed by atoms with E-state index in [1.807, 2.05) is 55.1 Å². The largest absolute Gasteiger partial charge is 0.480 e. The Morgan fingerprint density at radius 2 is 1.55 bits per heavy atom. The average Bonchev–Trinajstić information content (AvgIpc) is 2.48. The third kappa shape index (κ3) is 4.36. The molecule has 0 amide bonds. The molecule has 0 aliphatic heterocycles. The van der Waals surface area contributed by atoms with Crippen LogP contribution < -0.4 is 0 Å². The van der Waals surface area contributed by atoms with Gasteiger partial charge in [-0.05, 0) is 30.2 Å². The van der Waals surface area contributed by atoms with Crippen LogP contribution in [0, 0.1) is 5.92 Å². The molecule has 0 bridgehead atoms. The summed E-state index contributed by atoms with van der Waals surface area (Å²) in [6.07, 6.45) is 3.44. The number of pyridine rings is 2. The minimum absolute atomic E-state index is 0.00933. The van der Waals surface area contributed by atoms with Crippen LogP contribution in [-0.4, -0.2) is 32.0 Å². The zero-order valence-electron chi connectivity index (χ0n) is 12.9. The van der Waals surface area contributed by atoms with Gasteiger partial charge in [-0.25, -0.2) is 0 Å². The first-order valence-corrected chi connectivity index (χ1v) is 7.34. The van der Waals surface area contributed by atoms with Gasteiger partial charge in [-0.2, -0.15) is 0 Å². The molecule has 2 aromatic rings. The van der Waals surface area contributed by atoms with Crippen LogP contribution in [-0.2, 0) is 17.9 Å². The third-order valence-electron chi connectivity index (χ3n) is 3.46. The zero-order chi connectivity index (χ0) is 15.9. The Morgan fingerprint density at radius 3 is 1.86 bits per heavy atom. The van der Waals surface area contributed by atoms with E-state index in [1.165, 1.54) is 0 Å². The highest BCUT2D eigenvalue weighted by Crippen LogP contribution is 2.17. The van der Waals surface area contributed by atoms with Gasteiger partial charge in [0.2, 0.25) is 0 Å². The summed E-state index contributed by atoms with van der Waals surface area (Å²) in [4.78, 5) is 22.2. The molecular weight excluding hydrogens is 278 g/mol. The second-order valence-electron chi connectivity index (χ2n) is 5.57. The summed E-state index contributed by atoms with van der Waals surface area (Å²) in [7, 11) is 0. The van der Waals surface area contributed by atoms with Crippen molar-refractivity contribution in [3.63, 3.8) is 0 Å². The second-order valence-corrected chi connectivity index (χ2v) is 5.57. The van der Waals surface area contributed by atoms with Crippen LogP contribution >= 0.6 is 0 Å². The highest BCUT2D eigenvalue weighted by Gasteiger charge is 2.29. The number of rotatable bonds is 7. The Morgan fingerprint density at radius 1 is 1.05 bits per heavy atom. The van der Waals surface area contributed by atoms with Crippen molar-refractivity contribution in [2.45, 2.75) is 33.0 Å². The molecule has 2 rings (SSSR count). The first-order chi connectivity index (χ1) is 10.6. The van der Waals surface area contributed by atoms with Gasteiger partial charge in [0.25, 0.3) is 0 Å². The van der Waals surface area contributed by atoms with E-state index in [2.05, 4.69) is 9.97 Å². The van der Waals surface area contributed by atoms with Crippen LogP contribution in [0.4, 0.5) is 0 Å². The number of carbonyl (C=O) groups is 1. The maximum absolute atomic E-state index is 11.7. The molecule has 2 aromatic heterocycles. The van der Waals surface area contributed by atoms with Crippen LogP contribution in [0.5, 0.6) is 0 Å². The fourth-order valence-electron chi connectivity index (χ4n) is 2.52. The van der Waals surface area contributed by atoms with Gasteiger partial charge in [-0.15, -0.1) is 0 Å². The molecule has 0 fully saturated rings. The molecule has 1 atom stereocenters. The SMILES string of the molecule is CC(C)[C@H](C(=O)O)N(Cc1ccccn1)Cc1ccccn1. The van der Waals surface area contributed by atoms with Gasteiger partial charge in [-0.3, -0.25) is 19.7 Å². The Balaban J connectivity index is 2.25. The number of nitrogens with zero attached hydrogens (tertiary/aromatic N) is 3. The van der Waals surface area contributed by atoms with E-state index in [0.717, 1.165) is 11.4 Å². The predicted octanol–water partition coefficient (Wildman–Crippen LogP) is 2.59. The number of hydrogen-bond donors (Lipinski definition) is 1. The van der Waals surface area contributed by atoms with Gasteiger partial charge >= 0.3 is 5.97 Å². The molecule has 5 heteroatoms. The molecule has 22 heavy (non-hydrogen) atoms. The highest BCUT2D eigenvalue weighted by atomic mass is 16.4. The van der Waals surface area contributed by atoms with E-state index >= 15 is 0 Å². The molecule has 116 valence electrons. The average molecular weight is 299 g/mol. The summed E-state index contributed by atoms with van der Waals surface area (Å²) >= 11 is 0. The van der Waals surface area contributed by atoms with Gasteiger partial charge in [0.05, 0.1) is 11.4 Å². The Hall–Kier alpha value is -2.27. The molecule has 0 aliphatic rings. The number of carboxylic acids is 1. The highest BCUT2D eigenvalue weighted by molar-refractivity contribution is 5.73. The van der Waals surface area contributed by atoms with Crippen molar-refractivity contribution in [2.75, 3.05) is 0 Å². The summed E-state index contributed by atoms with van der Waals surface area (Å²) in [6, 6.07) is 10.8. The molecule has 5 nitrogen and oxygen atoms in total. The lowest BCUT2D eigenvalue weighted by molar-refractivity contribution is -0.145. The lowest BCUT2D eigenvalue weighted by atomic mass is 10.0. The summed E-state index contributed by atoms with van der Waals surface area (Å²) in [5.74, 6) is -0.827. The third-order valence-corrected chi connectivity index (χ3v) is 3.46. The quantitative estimate of drug-likeness (QED) is 0.851. The van der Waals surface area contributed by atoms with E-state index in [-0.39, 0.29) is 5.92 Å². The van der Waals surface area contributed by atoms with Crippen molar-refractivity contribution in [3.05, 3.63) is 60.2 Å². The standard InChI is InChI=1S/C17H21N3O2/c1-13(2)16(17(21)22)20(11-14-7-3-5-9-18-14)12-15-8-4-6-10-19-15/h3-10,13,16H,11-12H2,1-2H3,(H,21,22)/t16-/m1/s1. The summed E-state index contributed by atoms with van der Waals surface area (Å²) in [5, 5.41) is 9.59. The summed E-state index contributed by atoms with van der Waals surface area (Å²) in [5.41, 5.74) is 1.70. The molecule has 0 spiro atoms. The monoisotopic (exact) mass is 299 g/mol. The lowest BCUT2D eigenvalue weighted by Gasteiger charge is -2.30. The minimum Gasteiger partial charge on any atom is -0.480 e. The lowest BCUT2D eigenvalue weighted by Crippen LogP contribution is -2.44. The van der Waals surface area contributed by atoms with Crippen LogP contribution in [0.15, 0.2) is 48.8 Å². The van der Waals surface area contributed by atoms with Crippen molar-refractivity contribution >= 4 is 5.97 Å². The van der Waals surface area contributed by atoms with Crippen molar-refractivity contribution in [2.24, 2.45) is 5.92 Å². The van der Waals surface area contributed by atoms with Gasteiger partial charge in [0.15, 0.2) is 0 Å². The fourth-order valence-corrected chi connectivity index (χ4v) is 2.52. The smallest absolute Gasteiger partial charge is 0.321 e. The normalized spacial score (nSPS) is 12.5. The summed E-state index contributed by atoms with van der Waals surface area (Å²) < 4.78 is 0. The van der Waals surface area contributed by atoms with Gasteiger partial charge in [0, 0.05) is 25.5 Å². The molecule has 2 heterocycles. The van der Waals surface area contributed by atoms with Gasteiger partial charge < -0.3 is 5.11 Å². The molecule has 0 unspecified atom stereocenters. The predicted molar refractivity (Wildman–Crippen MR) is 84.0 cm³/mol. The zero-order valence-corrected chi connectivity index (χ0v) is 12.9. The molecule has 0 radical (unpaired) electrons. The van der Waals surface area contributed by atoms with Crippen molar-refractivity contribution in [1.29, 1.82) is 0 Å². The van der Waals surface area contributed by atoms with Crippen molar-refractivity contribution in [3.8, 4) is 0 Å². The second kappa shape index (κ2) is 7.66. The maximum Gasteiger partial charge on any atom is 0.321 e. The van der Waals surface area contributed by atoms with Crippen LogP contribution in [0.25, 0.3) is 0 Å². The first-order valence-electron chi connectivity index (χ1n) is 7.34. The van der Waals surface area contributed by atoms with Crippen LogP contribution in [0.2, 0.25) is 0 Å². The van der Waals surface area contributed by atoms with E-state index in [9.17, 15) is 9.90 Å². The fraction of sp³-hybridized carbons (Fsp3) is 0.353. The Bertz CT molecular complexity index is 546. The minimum atomic E-state index is -0.818. The Labute approximate surface area is 130 Å². The van der Waals surface area contributed by atoms with Crippen LogP contribution in [0.3, 0.4) is 0 Å². The van der Waals surface area contributed by atoms with E-state index in [1.54, 1.807) is 12.4 Å². The van der Waals surface area contributed by atoms with E-state index < -0.39 is 12.0 Å².